The second-order valence-electron chi connectivity index (χ2n) is 10.4. The molecule has 0 spiro atoms. The Balaban J connectivity index is 1.54. The highest BCUT2D eigenvalue weighted by Gasteiger charge is 2.23. The number of ether oxygens (including phenoxy) is 3. The topological polar surface area (TPSA) is 87.0 Å². The molecule has 0 aliphatic heterocycles. The molecule has 1 heterocycles. The van der Waals surface area contributed by atoms with Gasteiger partial charge in [0.25, 0.3) is 5.91 Å². The molecule has 1 atom stereocenters. The van der Waals surface area contributed by atoms with Gasteiger partial charge in [0, 0.05) is 12.1 Å². The molecular weight excluding hydrogens is 494 g/mol. The number of carbonyl (C=O) groups is 1. The Bertz CT molecular complexity index is 1510. The van der Waals surface area contributed by atoms with E-state index in [9.17, 15) is 9.59 Å². The second kappa shape index (κ2) is 11.6. The molecule has 0 saturated heterocycles. The lowest BCUT2D eigenvalue weighted by Crippen LogP contribution is -2.38. The van der Waals surface area contributed by atoms with Gasteiger partial charge >= 0.3 is 0 Å². The summed E-state index contributed by atoms with van der Waals surface area (Å²) < 4.78 is 22.8. The van der Waals surface area contributed by atoms with Gasteiger partial charge in [0.15, 0.2) is 23.4 Å². The number of rotatable bonds is 9. The molecule has 0 radical (unpaired) electrons. The van der Waals surface area contributed by atoms with Gasteiger partial charge in [0.05, 0.1) is 19.6 Å². The molecule has 4 aromatic rings. The van der Waals surface area contributed by atoms with E-state index in [1.54, 1.807) is 39.3 Å². The van der Waals surface area contributed by atoms with Crippen LogP contribution in [-0.2, 0) is 16.6 Å². The van der Waals surface area contributed by atoms with Crippen molar-refractivity contribution in [2.24, 2.45) is 0 Å². The number of methoxy groups -OCH3 is 2. The number of nitrogens with one attached hydrogen (secondary N) is 1. The van der Waals surface area contributed by atoms with Gasteiger partial charge in [-0.15, -0.1) is 0 Å². The third kappa shape index (κ3) is 6.25. The highest BCUT2D eigenvalue weighted by Crippen LogP contribution is 2.33. The van der Waals surface area contributed by atoms with Gasteiger partial charge in [-0.3, -0.25) is 9.59 Å². The van der Waals surface area contributed by atoms with Crippen LogP contribution in [0.2, 0.25) is 0 Å². The van der Waals surface area contributed by atoms with Gasteiger partial charge in [-0.2, -0.15) is 0 Å². The minimum absolute atomic E-state index is 0.0137. The first-order chi connectivity index (χ1) is 18.6. The van der Waals surface area contributed by atoms with E-state index in [2.05, 4.69) is 26.1 Å². The number of carbonyl (C=O) groups excluding carboxylic acids is 1. The van der Waals surface area contributed by atoms with Gasteiger partial charge in [-0.25, -0.2) is 0 Å². The van der Waals surface area contributed by atoms with Crippen LogP contribution in [0.1, 0.15) is 38.8 Å². The Hall–Kier alpha value is -4.26. The minimum atomic E-state index is -0.924. The minimum Gasteiger partial charge on any atom is -0.493 e. The van der Waals surface area contributed by atoms with Gasteiger partial charge in [-0.05, 0) is 54.2 Å². The van der Waals surface area contributed by atoms with Gasteiger partial charge in [0.1, 0.15) is 5.58 Å². The standard InChI is InChI=1S/C32H35NO6/c1-20(31(35)33-18-17-21-11-16-26(36-5)27(19-21)37-6)38-30-28(34)24-9-7-8-10-25(24)39-29(30)22-12-14-23(15-13-22)32(2,3)4/h7-16,19-20H,17-18H2,1-6H3,(H,33,35). The molecule has 0 bridgehead atoms. The zero-order valence-corrected chi connectivity index (χ0v) is 23.3. The molecule has 0 fully saturated rings. The van der Waals surface area contributed by atoms with Crippen molar-refractivity contribution in [3.8, 4) is 28.6 Å². The molecule has 1 N–H and O–H groups in total. The molecular formula is C32H35NO6. The summed E-state index contributed by atoms with van der Waals surface area (Å²) in [6.07, 6.45) is -0.338. The lowest BCUT2D eigenvalue weighted by atomic mass is 9.86. The van der Waals surface area contributed by atoms with Gasteiger partial charge in [0.2, 0.25) is 11.2 Å². The first-order valence-corrected chi connectivity index (χ1v) is 12.9. The number of fused-ring (bicyclic) bond motifs is 1. The van der Waals surface area contributed by atoms with E-state index in [4.69, 9.17) is 18.6 Å². The first-order valence-electron chi connectivity index (χ1n) is 12.9. The van der Waals surface area contributed by atoms with Crippen molar-refractivity contribution >= 4 is 16.9 Å². The highest BCUT2D eigenvalue weighted by atomic mass is 16.5. The molecule has 1 aromatic heterocycles. The Kier molecular flexibility index (Phi) is 8.29. The summed E-state index contributed by atoms with van der Waals surface area (Å²) in [5.41, 5.74) is 2.94. The largest absolute Gasteiger partial charge is 0.493 e. The molecule has 0 saturated carbocycles. The van der Waals surface area contributed by atoms with E-state index < -0.39 is 6.10 Å². The SMILES string of the molecule is COc1ccc(CCNC(=O)C(C)Oc2c(-c3ccc(C(C)(C)C)cc3)oc3ccccc3c2=O)cc1OC. The fourth-order valence-electron chi connectivity index (χ4n) is 4.28. The van der Waals surface area contributed by atoms with Crippen LogP contribution in [0.3, 0.4) is 0 Å². The number of amides is 1. The third-order valence-electron chi connectivity index (χ3n) is 6.59. The summed E-state index contributed by atoms with van der Waals surface area (Å²) in [6.45, 7) is 8.41. The number of para-hydroxylation sites is 1. The normalized spacial score (nSPS) is 12.2. The van der Waals surface area contributed by atoms with Crippen molar-refractivity contribution < 1.29 is 23.4 Å². The maximum absolute atomic E-state index is 13.5. The van der Waals surface area contributed by atoms with Crippen LogP contribution >= 0.6 is 0 Å². The predicted molar refractivity (Wildman–Crippen MR) is 153 cm³/mol. The average molecular weight is 530 g/mol. The van der Waals surface area contributed by atoms with Crippen molar-refractivity contribution in [3.05, 3.63) is 88.1 Å². The monoisotopic (exact) mass is 529 g/mol. The third-order valence-corrected chi connectivity index (χ3v) is 6.59. The number of benzene rings is 3. The zero-order valence-electron chi connectivity index (χ0n) is 23.3. The molecule has 39 heavy (non-hydrogen) atoms. The Morgan fingerprint density at radius 2 is 1.64 bits per heavy atom. The Labute approximate surface area is 228 Å². The molecule has 7 heteroatoms. The molecule has 4 rings (SSSR count). The van der Waals surface area contributed by atoms with Crippen LogP contribution in [0.5, 0.6) is 17.2 Å². The second-order valence-corrected chi connectivity index (χ2v) is 10.4. The van der Waals surface area contributed by atoms with E-state index in [1.807, 2.05) is 48.5 Å². The summed E-state index contributed by atoms with van der Waals surface area (Å²) in [5.74, 6) is 1.25. The maximum Gasteiger partial charge on any atom is 0.260 e. The summed E-state index contributed by atoms with van der Waals surface area (Å²) in [4.78, 5) is 26.4. The predicted octanol–water partition coefficient (Wildman–Crippen LogP) is 5.90. The Morgan fingerprint density at radius 1 is 0.949 bits per heavy atom. The summed E-state index contributed by atoms with van der Waals surface area (Å²) >= 11 is 0. The van der Waals surface area contributed by atoms with Crippen molar-refractivity contribution in [2.75, 3.05) is 20.8 Å². The molecule has 7 nitrogen and oxygen atoms in total. The van der Waals surface area contributed by atoms with Crippen LogP contribution in [-0.4, -0.2) is 32.8 Å². The van der Waals surface area contributed by atoms with E-state index in [-0.39, 0.29) is 22.5 Å². The lowest BCUT2D eigenvalue weighted by molar-refractivity contribution is -0.127. The molecule has 1 unspecified atom stereocenters. The van der Waals surface area contributed by atoms with E-state index in [0.29, 0.717) is 46.8 Å². The molecule has 0 aliphatic carbocycles. The molecule has 3 aromatic carbocycles. The van der Waals surface area contributed by atoms with Crippen LogP contribution in [0.4, 0.5) is 0 Å². The molecule has 1 amide bonds. The van der Waals surface area contributed by atoms with Crippen LogP contribution < -0.4 is 25.0 Å². The molecule has 204 valence electrons. The number of hydrogen-bond acceptors (Lipinski definition) is 6. The lowest BCUT2D eigenvalue weighted by Gasteiger charge is -2.20. The van der Waals surface area contributed by atoms with Crippen molar-refractivity contribution in [2.45, 2.75) is 45.6 Å². The van der Waals surface area contributed by atoms with Gasteiger partial charge in [-0.1, -0.05) is 63.2 Å². The van der Waals surface area contributed by atoms with Crippen LogP contribution in [0.25, 0.3) is 22.3 Å². The maximum atomic E-state index is 13.5. The van der Waals surface area contributed by atoms with E-state index in [1.165, 1.54) is 0 Å². The molecule has 0 aliphatic rings. The van der Waals surface area contributed by atoms with Crippen molar-refractivity contribution in [3.63, 3.8) is 0 Å². The zero-order chi connectivity index (χ0) is 28.2. The fraction of sp³-hybridized carbons (Fsp3) is 0.312. The highest BCUT2D eigenvalue weighted by molar-refractivity contribution is 5.84. The quantitative estimate of drug-likeness (QED) is 0.290. The number of hydrogen-bond donors (Lipinski definition) is 1. The van der Waals surface area contributed by atoms with Crippen molar-refractivity contribution in [1.29, 1.82) is 0 Å². The van der Waals surface area contributed by atoms with Crippen LogP contribution in [0, 0.1) is 0 Å². The average Bonchev–Trinajstić information content (AvgIpc) is 2.93. The summed E-state index contributed by atoms with van der Waals surface area (Å²) in [6, 6.07) is 20.5. The Morgan fingerprint density at radius 3 is 2.31 bits per heavy atom. The summed E-state index contributed by atoms with van der Waals surface area (Å²) in [7, 11) is 3.17. The van der Waals surface area contributed by atoms with E-state index >= 15 is 0 Å². The van der Waals surface area contributed by atoms with E-state index in [0.717, 1.165) is 11.1 Å². The first kappa shape index (κ1) is 27.8. The fourth-order valence-corrected chi connectivity index (χ4v) is 4.28. The van der Waals surface area contributed by atoms with Crippen LogP contribution in [0.15, 0.2) is 75.9 Å². The van der Waals surface area contributed by atoms with Crippen molar-refractivity contribution in [1.82, 2.24) is 5.32 Å². The van der Waals surface area contributed by atoms with Gasteiger partial charge < -0.3 is 23.9 Å². The summed E-state index contributed by atoms with van der Waals surface area (Å²) in [5, 5.41) is 3.28. The smallest absolute Gasteiger partial charge is 0.260 e.